The van der Waals surface area contributed by atoms with Crippen molar-refractivity contribution >= 4 is 34.8 Å². The summed E-state index contributed by atoms with van der Waals surface area (Å²) in [4.78, 5) is 12.2. The van der Waals surface area contributed by atoms with Gasteiger partial charge < -0.3 is 10.1 Å². The summed E-state index contributed by atoms with van der Waals surface area (Å²) >= 11 is 11.7. The molecule has 1 N–H and O–H groups in total. The molecule has 110 valence electrons. The normalized spacial score (nSPS) is 11.8. The zero-order chi connectivity index (χ0) is 15.2. The molecule has 0 fully saturated rings. The summed E-state index contributed by atoms with van der Waals surface area (Å²) in [5.74, 6) is 0.391. The molecule has 0 aliphatic rings. The van der Waals surface area contributed by atoms with Gasteiger partial charge in [0, 0.05) is 15.7 Å². The van der Waals surface area contributed by atoms with Gasteiger partial charge in [-0.2, -0.15) is 0 Å². The van der Waals surface area contributed by atoms with Crippen molar-refractivity contribution in [2.24, 2.45) is 0 Å². The van der Waals surface area contributed by atoms with Gasteiger partial charge in [-0.25, -0.2) is 0 Å². The van der Waals surface area contributed by atoms with E-state index in [9.17, 15) is 4.79 Å². The molecule has 0 unspecified atom stereocenters. The Kier molecular flexibility index (Phi) is 5.48. The van der Waals surface area contributed by atoms with E-state index in [-0.39, 0.29) is 5.91 Å². The Morgan fingerprint density at radius 1 is 1.14 bits per heavy atom. The third-order valence-corrected chi connectivity index (χ3v) is 3.33. The Morgan fingerprint density at radius 2 is 1.86 bits per heavy atom. The number of carbonyl (C=O) groups excluding carboxylic acids is 1. The monoisotopic (exact) mass is 323 g/mol. The average Bonchev–Trinajstić information content (AvgIpc) is 2.46. The van der Waals surface area contributed by atoms with Crippen LogP contribution in [-0.4, -0.2) is 12.0 Å². The topological polar surface area (TPSA) is 38.3 Å². The van der Waals surface area contributed by atoms with Gasteiger partial charge >= 0.3 is 0 Å². The van der Waals surface area contributed by atoms with Crippen LogP contribution in [0.5, 0.6) is 5.75 Å². The van der Waals surface area contributed by atoms with Crippen LogP contribution in [0.2, 0.25) is 10.0 Å². The van der Waals surface area contributed by atoms with E-state index in [0.717, 1.165) is 0 Å². The number of rotatable bonds is 5. The number of hydrogen-bond acceptors (Lipinski definition) is 2. The highest BCUT2D eigenvalue weighted by Gasteiger charge is 2.18. The second-order valence-electron chi connectivity index (χ2n) is 4.47. The van der Waals surface area contributed by atoms with Crippen LogP contribution < -0.4 is 10.1 Å². The van der Waals surface area contributed by atoms with E-state index in [4.69, 9.17) is 27.9 Å². The Labute approximate surface area is 133 Å². The Morgan fingerprint density at radius 3 is 2.48 bits per heavy atom. The molecule has 0 saturated carbocycles. The minimum atomic E-state index is -0.579. The first kappa shape index (κ1) is 15.7. The minimum absolute atomic E-state index is 0.213. The van der Waals surface area contributed by atoms with Crippen molar-refractivity contribution < 1.29 is 9.53 Å². The third-order valence-electron chi connectivity index (χ3n) is 2.85. The van der Waals surface area contributed by atoms with Crippen molar-refractivity contribution in [1.82, 2.24) is 0 Å². The summed E-state index contributed by atoms with van der Waals surface area (Å²) in [7, 11) is 0. The van der Waals surface area contributed by atoms with Gasteiger partial charge in [-0.15, -0.1) is 0 Å². The van der Waals surface area contributed by atoms with Crippen LogP contribution in [0.4, 0.5) is 5.69 Å². The van der Waals surface area contributed by atoms with Crippen LogP contribution in [0.15, 0.2) is 48.5 Å². The van der Waals surface area contributed by atoms with E-state index < -0.39 is 6.10 Å². The lowest BCUT2D eigenvalue weighted by Gasteiger charge is -2.17. The lowest BCUT2D eigenvalue weighted by atomic mass is 10.2. The third kappa shape index (κ3) is 4.66. The number of ether oxygens (including phenoxy) is 1. The fraction of sp³-hybridized carbons (Fsp3) is 0.188. The predicted molar refractivity (Wildman–Crippen MR) is 86.2 cm³/mol. The SMILES string of the molecule is CC[C@H](Oc1ccc(Cl)cc1)C(=O)Nc1cccc(Cl)c1. The van der Waals surface area contributed by atoms with E-state index in [1.54, 1.807) is 48.5 Å². The van der Waals surface area contributed by atoms with E-state index in [1.807, 2.05) is 6.92 Å². The molecule has 0 bridgehead atoms. The summed E-state index contributed by atoms with van der Waals surface area (Å²) in [5.41, 5.74) is 0.644. The Hall–Kier alpha value is -1.71. The fourth-order valence-electron chi connectivity index (χ4n) is 1.79. The number of hydrogen-bond donors (Lipinski definition) is 1. The van der Waals surface area contributed by atoms with Crippen molar-refractivity contribution in [1.29, 1.82) is 0 Å². The standard InChI is InChI=1S/C16H15Cl2NO2/c1-2-15(21-14-8-6-11(17)7-9-14)16(20)19-13-5-3-4-12(18)10-13/h3-10,15H,2H2,1H3,(H,19,20)/t15-/m0/s1. The fourth-order valence-corrected chi connectivity index (χ4v) is 2.10. The van der Waals surface area contributed by atoms with Gasteiger partial charge in [-0.05, 0) is 48.9 Å². The molecule has 2 aromatic rings. The quantitative estimate of drug-likeness (QED) is 0.859. The molecule has 3 nitrogen and oxygen atoms in total. The maximum absolute atomic E-state index is 12.2. The van der Waals surface area contributed by atoms with Crippen LogP contribution in [0, 0.1) is 0 Å². The molecule has 2 aromatic carbocycles. The maximum atomic E-state index is 12.2. The first-order valence-corrected chi connectivity index (χ1v) is 7.32. The highest BCUT2D eigenvalue weighted by atomic mass is 35.5. The summed E-state index contributed by atoms with van der Waals surface area (Å²) in [6.45, 7) is 1.89. The highest BCUT2D eigenvalue weighted by molar-refractivity contribution is 6.31. The number of anilines is 1. The molecule has 0 saturated heterocycles. The summed E-state index contributed by atoms with van der Waals surface area (Å²) in [6.07, 6.45) is -0.0279. The van der Waals surface area contributed by atoms with Gasteiger partial charge in [0.1, 0.15) is 5.75 Å². The molecule has 5 heteroatoms. The summed E-state index contributed by atoms with van der Waals surface area (Å²) < 4.78 is 5.68. The predicted octanol–water partition coefficient (Wildman–Crippen LogP) is 4.79. The lowest BCUT2D eigenvalue weighted by Crippen LogP contribution is -2.32. The zero-order valence-electron chi connectivity index (χ0n) is 11.5. The van der Waals surface area contributed by atoms with E-state index in [0.29, 0.717) is 27.9 Å². The second kappa shape index (κ2) is 7.34. The van der Waals surface area contributed by atoms with Crippen LogP contribution in [0.1, 0.15) is 13.3 Å². The van der Waals surface area contributed by atoms with Crippen molar-refractivity contribution in [2.75, 3.05) is 5.32 Å². The van der Waals surface area contributed by atoms with E-state index in [2.05, 4.69) is 5.32 Å². The number of halogens is 2. The number of nitrogens with one attached hydrogen (secondary N) is 1. The van der Waals surface area contributed by atoms with Crippen LogP contribution in [-0.2, 0) is 4.79 Å². The molecular formula is C16H15Cl2NO2. The number of amides is 1. The zero-order valence-corrected chi connectivity index (χ0v) is 13.0. The van der Waals surface area contributed by atoms with Gasteiger partial charge in [0.05, 0.1) is 0 Å². The molecule has 1 amide bonds. The van der Waals surface area contributed by atoms with Crippen LogP contribution in [0.3, 0.4) is 0 Å². The molecule has 0 aromatic heterocycles. The van der Waals surface area contributed by atoms with Gasteiger partial charge in [0.2, 0.25) is 0 Å². The maximum Gasteiger partial charge on any atom is 0.265 e. The van der Waals surface area contributed by atoms with Crippen molar-refractivity contribution in [3.8, 4) is 5.75 Å². The van der Waals surface area contributed by atoms with Gasteiger partial charge in [0.25, 0.3) is 5.91 Å². The lowest BCUT2D eigenvalue weighted by molar-refractivity contribution is -0.122. The average molecular weight is 324 g/mol. The molecule has 0 radical (unpaired) electrons. The minimum Gasteiger partial charge on any atom is -0.481 e. The molecule has 1 atom stereocenters. The first-order valence-electron chi connectivity index (χ1n) is 6.57. The molecule has 2 rings (SSSR count). The van der Waals surface area contributed by atoms with Crippen LogP contribution >= 0.6 is 23.2 Å². The van der Waals surface area contributed by atoms with E-state index in [1.165, 1.54) is 0 Å². The Bertz CT molecular complexity index is 614. The highest BCUT2D eigenvalue weighted by Crippen LogP contribution is 2.19. The largest absolute Gasteiger partial charge is 0.481 e. The Balaban J connectivity index is 2.03. The smallest absolute Gasteiger partial charge is 0.265 e. The van der Waals surface area contributed by atoms with Crippen molar-refractivity contribution in [3.05, 3.63) is 58.6 Å². The van der Waals surface area contributed by atoms with Gasteiger partial charge in [0.15, 0.2) is 6.10 Å². The van der Waals surface area contributed by atoms with Crippen LogP contribution in [0.25, 0.3) is 0 Å². The number of carbonyl (C=O) groups is 1. The first-order chi connectivity index (χ1) is 10.1. The molecule has 0 spiro atoms. The molecule has 21 heavy (non-hydrogen) atoms. The van der Waals surface area contributed by atoms with Crippen molar-refractivity contribution in [2.45, 2.75) is 19.4 Å². The van der Waals surface area contributed by atoms with Crippen molar-refractivity contribution in [3.63, 3.8) is 0 Å². The second-order valence-corrected chi connectivity index (χ2v) is 5.34. The molecule has 0 aliphatic carbocycles. The van der Waals surface area contributed by atoms with Gasteiger partial charge in [-0.3, -0.25) is 4.79 Å². The molecule has 0 heterocycles. The van der Waals surface area contributed by atoms with E-state index >= 15 is 0 Å². The number of benzene rings is 2. The summed E-state index contributed by atoms with van der Waals surface area (Å²) in [6, 6.07) is 13.9. The summed E-state index contributed by atoms with van der Waals surface area (Å²) in [5, 5.41) is 3.98. The van der Waals surface area contributed by atoms with Gasteiger partial charge in [-0.1, -0.05) is 36.2 Å². The molecular weight excluding hydrogens is 309 g/mol. The molecule has 0 aliphatic heterocycles.